The van der Waals surface area contributed by atoms with E-state index in [0.717, 1.165) is 46.2 Å². The molecule has 0 fully saturated rings. The maximum absolute atomic E-state index is 13.0. The van der Waals surface area contributed by atoms with Crippen LogP contribution in [0, 0.1) is 20.8 Å². The Morgan fingerprint density at radius 2 is 0.706 bits per heavy atom. The van der Waals surface area contributed by atoms with Crippen molar-refractivity contribution in [3.63, 3.8) is 0 Å². The molecule has 0 bridgehead atoms. The Hall–Kier alpha value is -4.03. The minimum Gasteiger partial charge on any atom is -0.346 e. The Kier molecular flexibility index (Phi) is 12.4. The molecule has 0 spiro atoms. The third kappa shape index (κ3) is 9.65. The predicted octanol–water partition coefficient (Wildman–Crippen LogP) is 14.0. The molecule has 0 saturated carbocycles. The van der Waals surface area contributed by atoms with Crippen molar-refractivity contribution < 1.29 is 74.4 Å². The average molecular weight is 759 g/mol. The van der Waals surface area contributed by atoms with E-state index in [1.807, 2.05) is 26.0 Å². The molecule has 6 aromatic rings. The summed E-state index contributed by atoms with van der Waals surface area (Å²) in [5.74, 6) is 0. The molecule has 0 N–H and O–H groups in total. The second-order valence-corrected chi connectivity index (χ2v) is 11.3. The summed E-state index contributed by atoms with van der Waals surface area (Å²) in [6, 6.07) is 20.3. The van der Waals surface area contributed by atoms with Gasteiger partial charge in [-0.2, -0.15) is 71.7 Å². The van der Waals surface area contributed by atoms with Gasteiger partial charge in [-0.15, -0.1) is 69.1 Å². The van der Waals surface area contributed by atoms with Crippen LogP contribution in [0.1, 0.15) is 40.3 Å². The fourth-order valence-electron chi connectivity index (χ4n) is 5.49. The Labute approximate surface area is 300 Å². The first kappa shape index (κ1) is 41.4. The van der Waals surface area contributed by atoms with Gasteiger partial charge in [0.15, 0.2) is 0 Å². The van der Waals surface area contributed by atoms with Crippen LogP contribution in [-0.4, -0.2) is 0 Å². The van der Waals surface area contributed by atoms with E-state index in [9.17, 15) is 52.7 Å². The third-order valence-electron chi connectivity index (χ3n) is 7.59. The van der Waals surface area contributed by atoms with Crippen molar-refractivity contribution >= 4 is 21.5 Å². The van der Waals surface area contributed by atoms with Gasteiger partial charge in [-0.05, 0) is 47.5 Å². The van der Waals surface area contributed by atoms with Gasteiger partial charge in [0.2, 0.25) is 0 Å². The SMILES string of the molecule is Cc1cc2c(-c3cc(C(F)(F)F)cc(C(F)(F)F)c3)cccc2[cH-]1.Cc1cc2c(-c3cc(C(F)(F)F)cc(C(F)(F)F)c3)cccc2[cH-]1.[CH2-]C.[Ti+3]. The first-order chi connectivity index (χ1) is 23.1. The molecule has 0 aliphatic carbocycles. The van der Waals surface area contributed by atoms with Gasteiger partial charge in [0.1, 0.15) is 0 Å². The molecule has 0 aliphatic rings. The largest absolute Gasteiger partial charge is 3.00 e. The summed E-state index contributed by atoms with van der Waals surface area (Å²) in [7, 11) is 0. The Balaban J connectivity index is 0.000000258. The molecule has 0 aliphatic heterocycles. The summed E-state index contributed by atoms with van der Waals surface area (Å²) in [5.41, 5.74) is -2.99. The molecule has 1 radical (unpaired) electrons. The van der Waals surface area contributed by atoms with Crippen LogP contribution in [0.4, 0.5) is 52.7 Å². The van der Waals surface area contributed by atoms with Crippen LogP contribution in [0.3, 0.4) is 0 Å². The van der Waals surface area contributed by atoms with Crippen LogP contribution in [-0.2, 0) is 46.4 Å². The van der Waals surface area contributed by atoms with E-state index < -0.39 is 47.0 Å². The molecule has 0 amide bonds. The Morgan fingerprint density at radius 1 is 0.431 bits per heavy atom. The van der Waals surface area contributed by atoms with Gasteiger partial charge in [0.05, 0.1) is 22.3 Å². The number of fused-ring (bicyclic) bond motifs is 2. The van der Waals surface area contributed by atoms with E-state index in [1.54, 1.807) is 43.3 Å². The molecule has 0 nitrogen and oxygen atoms in total. The van der Waals surface area contributed by atoms with E-state index in [1.165, 1.54) is 12.1 Å². The van der Waals surface area contributed by atoms with Gasteiger partial charge < -0.3 is 6.92 Å². The van der Waals surface area contributed by atoms with Crippen LogP contribution in [0.15, 0.2) is 97.1 Å². The standard InChI is InChI=1S/2C18H11F6.C2H5.Ti/c2*1-10-5-11-3-2-4-15(16(11)6-10)12-7-13(17(19,20)21)9-14(8-12)18(22,23)24;1-2;/h2*2-9H,1H3;1H2,2H3;/q3*-1;+3. The summed E-state index contributed by atoms with van der Waals surface area (Å²) < 4.78 is 156. The van der Waals surface area contributed by atoms with Crippen molar-refractivity contribution in [2.45, 2.75) is 45.5 Å². The molecule has 0 saturated heterocycles. The zero-order valence-electron chi connectivity index (χ0n) is 27.0. The minimum atomic E-state index is -4.86. The van der Waals surface area contributed by atoms with E-state index in [-0.39, 0.29) is 45.0 Å². The van der Waals surface area contributed by atoms with Crippen molar-refractivity contribution in [1.29, 1.82) is 0 Å². The summed E-state index contributed by atoms with van der Waals surface area (Å²) in [5, 5.41) is 2.80. The Morgan fingerprint density at radius 3 is 0.961 bits per heavy atom. The van der Waals surface area contributed by atoms with Crippen LogP contribution in [0.2, 0.25) is 0 Å². The van der Waals surface area contributed by atoms with Gasteiger partial charge in [-0.1, -0.05) is 37.1 Å². The van der Waals surface area contributed by atoms with Crippen molar-refractivity contribution in [3.05, 3.63) is 137 Å². The molecule has 6 rings (SSSR count). The first-order valence-electron chi connectivity index (χ1n) is 14.7. The fraction of sp³-hybridized carbons (Fsp3) is 0.184. The van der Waals surface area contributed by atoms with Crippen molar-refractivity contribution in [1.82, 2.24) is 0 Å². The number of halogens is 12. The smallest absolute Gasteiger partial charge is 0.346 e. The minimum absolute atomic E-state index is 0. The molecule has 51 heavy (non-hydrogen) atoms. The van der Waals surface area contributed by atoms with E-state index in [2.05, 4.69) is 6.92 Å². The average Bonchev–Trinajstić information content (AvgIpc) is 3.60. The maximum atomic E-state index is 13.0. The zero-order valence-corrected chi connectivity index (χ0v) is 28.5. The molecule has 0 heterocycles. The van der Waals surface area contributed by atoms with Gasteiger partial charge >= 0.3 is 46.4 Å². The van der Waals surface area contributed by atoms with Crippen LogP contribution in [0.5, 0.6) is 0 Å². The molecule has 267 valence electrons. The second kappa shape index (κ2) is 15.3. The number of hydrogen-bond donors (Lipinski definition) is 0. The van der Waals surface area contributed by atoms with E-state index in [4.69, 9.17) is 0 Å². The first-order valence-corrected chi connectivity index (χ1v) is 14.7. The molecule has 0 aromatic heterocycles. The number of hydrogen-bond acceptors (Lipinski definition) is 0. The predicted molar refractivity (Wildman–Crippen MR) is 170 cm³/mol. The van der Waals surface area contributed by atoms with Crippen molar-refractivity contribution in [2.24, 2.45) is 0 Å². The molecule has 6 aromatic carbocycles. The molecule has 0 atom stereocenters. The summed E-state index contributed by atoms with van der Waals surface area (Å²) in [6.45, 7) is 8.63. The molecule has 0 unspecified atom stereocenters. The molecular weight excluding hydrogens is 732 g/mol. The van der Waals surface area contributed by atoms with Gasteiger partial charge in [0.25, 0.3) is 0 Å². The monoisotopic (exact) mass is 759 g/mol. The van der Waals surface area contributed by atoms with E-state index >= 15 is 0 Å². The second-order valence-electron chi connectivity index (χ2n) is 11.3. The van der Waals surface area contributed by atoms with Gasteiger partial charge in [-0.3, -0.25) is 0 Å². The number of rotatable bonds is 2. The van der Waals surface area contributed by atoms with Crippen LogP contribution in [0.25, 0.3) is 43.8 Å². The molecule has 13 heteroatoms. The summed E-state index contributed by atoms with van der Waals surface area (Å²) in [4.78, 5) is 0. The number of benzene rings is 4. The van der Waals surface area contributed by atoms with Crippen LogP contribution < -0.4 is 0 Å². The van der Waals surface area contributed by atoms with E-state index in [0.29, 0.717) is 21.9 Å². The maximum Gasteiger partial charge on any atom is 3.00 e. The third-order valence-corrected chi connectivity index (χ3v) is 7.59. The molecular formula is C38H27F12Ti. The van der Waals surface area contributed by atoms with Gasteiger partial charge in [0, 0.05) is 0 Å². The zero-order chi connectivity index (χ0) is 37.4. The number of aryl methyl sites for hydroxylation is 2. The number of alkyl halides is 12. The normalized spacial score (nSPS) is 12.2. The van der Waals surface area contributed by atoms with Crippen molar-refractivity contribution in [3.8, 4) is 22.3 Å². The van der Waals surface area contributed by atoms with Crippen LogP contribution >= 0.6 is 0 Å². The topological polar surface area (TPSA) is 0 Å². The van der Waals surface area contributed by atoms with Gasteiger partial charge in [-0.25, -0.2) is 0 Å². The quantitative estimate of drug-likeness (QED) is 0.0937. The fourth-order valence-corrected chi connectivity index (χ4v) is 5.49. The summed E-state index contributed by atoms with van der Waals surface area (Å²) in [6.07, 6.45) is -19.4. The van der Waals surface area contributed by atoms with Crippen molar-refractivity contribution in [2.75, 3.05) is 0 Å². The Bertz CT molecular complexity index is 1890. The summed E-state index contributed by atoms with van der Waals surface area (Å²) >= 11 is 0.